The highest BCUT2D eigenvalue weighted by Gasteiger charge is 2.21. The lowest BCUT2D eigenvalue weighted by molar-refractivity contribution is 0.131. The summed E-state index contributed by atoms with van der Waals surface area (Å²) >= 11 is 0. The van der Waals surface area contributed by atoms with Gasteiger partial charge in [0.1, 0.15) is 12.2 Å². The van der Waals surface area contributed by atoms with E-state index in [4.69, 9.17) is 4.74 Å². The zero-order valence-corrected chi connectivity index (χ0v) is 15.6. The second-order valence-corrected chi connectivity index (χ2v) is 7.90. The van der Waals surface area contributed by atoms with Crippen molar-refractivity contribution >= 4 is 0 Å². The van der Waals surface area contributed by atoms with Crippen LogP contribution in [-0.2, 0) is 19.0 Å². The standard InChI is InChI=1S/C18H28N6O/c1-18(2,3)15-5-6-17(22-20-15)25-12-14-7-9-24(10-8-14)11-16-21-19-13-23(16)4/h5-6,13-14H,7-12H2,1-4H3. The van der Waals surface area contributed by atoms with E-state index in [1.807, 2.05) is 23.7 Å². The number of hydrogen-bond acceptors (Lipinski definition) is 6. The first-order valence-corrected chi connectivity index (χ1v) is 8.94. The summed E-state index contributed by atoms with van der Waals surface area (Å²) in [5.74, 6) is 2.21. The summed E-state index contributed by atoms with van der Waals surface area (Å²) < 4.78 is 7.84. The Hall–Kier alpha value is -2.02. The Kier molecular flexibility index (Phi) is 5.32. The molecule has 1 saturated heterocycles. The van der Waals surface area contributed by atoms with E-state index in [1.165, 1.54) is 0 Å². The van der Waals surface area contributed by atoms with Crippen LogP contribution in [0.25, 0.3) is 0 Å². The Labute approximate surface area is 149 Å². The molecule has 0 N–H and O–H groups in total. The molecule has 0 amide bonds. The molecule has 25 heavy (non-hydrogen) atoms. The van der Waals surface area contributed by atoms with Crippen LogP contribution in [0.3, 0.4) is 0 Å². The van der Waals surface area contributed by atoms with Crippen LogP contribution in [0.1, 0.15) is 45.1 Å². The predicted molar refractivity (Wildman–Crippen MR) is 95.2 cm³/mol. The predicted octanol–water partition coefficient (Wildman–Crippen LogP) is 2.19. The summed E-state index contributed by atoms with van der Waals surface area (Å²) in [4.78, 5) is 2.43. The van der Waals surface area contributed by atoms with Crippen molar-refractivity contribution in [2.24, 2.45) is 13.0 Å². The number of hydrogen-bond donors (Lipinski definition) is 0. The number of nitrogens with zero attached hydrogens (tertiary/aromatic N) is 6. The minimum Gasteiger partial charge on any atom is -0.476 e. The summed E-state index contributed by atoms with van der Waals surface area (Å²) in [5.41, 5.74) is 0.998. The van der Waals surface area contributed by atoms with Gasteiger partial charge in [-0.2, -0.15) is 5.10 Å². The first kappa shape index (κ1) is 17.8. The lowest BCUT2D eigenvalue weighted by Crippen LogP contribution is -2.35. The largest absolute Gasteiger partial charge is 0.476 e. The van der Waals surface area contributed by atoms with Crippen LogP contribution in [0.2, 0.25) is 0 Å². The highest BCUT2D eigenvalue weighted by atomic mass is 16.5. The van der Waals surface area contributed by atoms with Gasteiger partial charge in [-0.25, -0.2) is 0 Å². The highest BCUT2D eigenvalue weighted by Crippen LogP contribution is 2.22. The zero-order chi connectivity index (χ0) is 17.9. The third-order valence-corrected chi connectivity index (χ3v) is 4.75. The highest BCUT2D eigenvalue weighted by molar-refractivity contribution is 5.16. The first-order valence-electron chi connectivity index (χ1n) is 8.94. The average Bonchev–Trinajstić information content (AvgIpc) is 2.99. The average molecular weight is 344 g/mol. The van der Waals surface area contributed by atoms with Crippen LogP contribution in [0.5, 0.6) is 5.88 Å². The minimum atomic E-state index is 0.0150. The SMILES string of the molecule is Cn1cnnc1CN1CCC(COc2ccc(C(C)(C)C)nn2)CC1. The van der Waals surface area contributed by atoms with E-state index in [-0.39, 0.29) is 5.41 Å². The Bertz CT molecular complexity index is 668. The van der Waals surface area contributed by atoms with Gasteiger partial charge in [0.25, 0.3) is 0 Å². The van der Waals surface area contributed by atoms with Gasteiger partial charge in [0.05, 0.1) is 18.8 Å². The van der Waals surface area contributed by atoms with Crippen LogP contribution >= 0.6 is 0 Å². The molecule has 7 heteroatoms. The Morgan fingerprint density at radius 2 is 1.88 bits per heavy atom. The molecule has 0 spiro atoms. The third-order valence-electron chi connectivity index (χ3n) is 4.75. The lowest BCUT2D eigenvalue weighted by atomic mass is 9.92. The van der Waals surface area contributed by atoms with Gasteiger partial charge in [0.15, 0.2) is 0 Å². The maximum absolute atomic E-state index is 5.85. The molecule has 0 unspecified atom stereocenters. The van der Waals surface area contributed by atoms with Crippen molar-refractivity contribution < 1.29 is 4.74 Å². The number of aryl methyl sites for hydroxylation is 1. The van der Waals surface area contributed by atoms with Crippen molar-refractivity contribution in [2.75, 3.05) is 19.7 Å². The normalized spacial score (nSPS) is 17.0. The number of piperidine rings is 1. The minimum absolute atomic E-state index is 0.0150. The van der Waals surface area contributed by atoms with E-state index in [9.17, 15) is 0 Å². The van der Waals surface area contributed by atoms with Crippen molar-refractivity contribution in [1.82, 2.24) is 29.9 Å². The van der Waals surface area contributed by atoms with Gasteiger partial charge < -0.3 is 9.30 Å². The quantitative estimate of drug-likeness (QED) is 0.828. The molecule has 2 aromatic rings. The van der Waals surface area contributed by atoms with Crippen molar-refractivity contribution in [1.29, 1.82) is 0 Å². The molecule has 1 fully saturated rings. The topological polar surface area (TPSA) is 69.0 Å². The van der Waals surface area contributed by atoms with E-state index in [0.29, 0.717) is 18.4 Å². The summed E-state index contributed by atoms with van der Waals surface area (Å²) in [5, 5.41) is 16.6. The molecule has 0 aromatic carbocycles. The number of rotatable bonds is 5. The van der Waals surface area contributed by atoms with E-state index < -0.39 is 0 Å². The van der Waals surface area contributed by atoms with Crippen molar-refractivity contribution in [3.63, 3.8) is 0 Å². The Morgan fingerprint density at radius 1 is 1.12 bits per heavy atom. The fourth-order valence-corrected chi connectivity index (χ4v) is 2.96. The number of likely N-dealkylation sites (tertiary alicyclic amines) is 1. The Balaban J connectivity index is 1.43. The van der Waals surface area contributed by atoms with Gasteiger partial charge in [-0.15, -0.1) is 15.3 Å². The molecule has 136 valence electrons. The van der Waals surface area contributed by atoms with Gasteiger partial charge in [-0.1, -0.05) is 20.8 Å². The molecular formula is C18H28N6O. The third kappa shape index (κ3) is 4.75. The second kappa shape index (κ2) is 7.47. The molecule has 7 nitrogen and oxygen atoms in total. The zero-order valence-electron chi connectivity index (χ0n) is 15.6. The molecule has 0 bridgehead atoms. The van der Waals surface area contributed by atoms with E-state index in [2.05, 4.69) is 46.1 Å². The van der Waals surface area contributed by atoms with Crippen LogP contribution in [0.15, 0.2) is 18.5 Å². The number of aromatic nitrogens is 5. The molecular weight excluding hydrogens is 316 g/mol. The summed E-state index contributed by atoms with van der Waals surface area (Å²) in [6, 6.07) is 3.93. The molecule has 1 aliphatic heterocycles. The molecule has 2 aromatic heterocycles. The van der Waals surface area contributed by atoms with Crippen molar-refractivity contribution in [3.05, 3.63) is 30.0 Å². The van der Waals surface area contributed by atoms with Gasteiger partial charge >= 0.3 is 0 Å². The first-order chi connectivity index (χ1) is 11.9. The van der Waals surface area contributed by atoms with Gasteiger partial charge in [0, 0.05) is 18.5 Å². The maximum atomic E-state index is 5.85. The number of ether oxygens (including phenoxy) is 1. The second-order valence-electron chi connectivity index (χ2n) is 7.90. The van der Waals surface area contributed by atoms with Crippen molar-refractivity contribution in [2.45, 2.75) is 45.6 Å². The summed E-state index contributed by atoms with van der Waals surface area (Å²) in [6.45, 7) is 10.1. The van der Waals surface area contributed by atoms with Crippen LogP contribution in [-0.4, -0.2) is 49.6 Å². The van der Waals surface area contributed by atoms with Gasteiger partial charge in [-0.05, 0) is 37.9 Å². The molecule has 1 aliphatic rings. The molecule has 3 rings (SSSR count). The van der Waals surface area contributed by atoms with E-state index >= 15 is 0 Å². The van der Waals surface area contributed by atoms with Crippen molar-refractivity contribution in [3.8, 4) is 5.88 Å². The van der Waals surface area contributed by atoms with E-state index in [0.717, 1.165) is 44.0 Å². The molecule has 0 saturated carbocycles. The monoisotopic (exact) mass is 344 g/mol. The van der Waals surface area contributed by atoms with Crippen LogP contribution in [0, 0.1) is 5.92 Å². The van der Waals surface area contributed by atoms with Crippen LogP contribution in [0.4, 0.5) is 0 Å². The maximum Gasteiger partial charge on any atom is 0.233 e. The fourth-order valence-electron chi connectivity index (χ4n) is 2.96. The molecule has 0 atom stereocenters. The van der Waals surface area contributed by atoms with Gasteiger partial charge in [0.2, 0.25) is 5.88 Å². The molecule has 0 aliphatic carbocycles. The Morgan fingerprint density at radius 3 is 2.44 bits per heavy atom. The summed E-state index contributed by atoms with van der Waals surface area (Å²) in [6.07, 6.45) is 4.01. The van der Waals surface area contributed by atoms with E-state index in [1.54, 1.807) is 6.33 Å². The molecule has 0 radical (unpaired) electrons. The van der Waals surface area contributed by atoms with Gasteiger partial charge in [-0.3, -0.25) is 4.90 Å². The van der Waals surface area contributed by atoms with Crippen LogP contribution < -0.4 is 4.74 Å². The molecule has 3 heterocycles. The lowest BCUT2D eigenvalue weighted by Gasteiger charge is -2.31. The summed E-state index contributed by atoms with van der Waals surface area (Å²) in [7, 11) is 1.99. The fraction of sp³-hybridized carbons (Fsp3) is 0.667. The smallest absolute Gasteiger partial charge is 0.233 e.